The maximum atomic E-state index is 14.7. The highest BCUT2D eigenvalue weighted by Crippen LogP contribution is 2.51. The van der Waals surface area contributed by atoms with Gasteiger partial charge in [0.2, 0.25) is 11.9 Å². The average Bonchev–Trinajstić information content (AvgIpc) is 3.66. The molecule has 2 bridgehead atoms. The molecule has 4 atom stereocenters. The molecule has 5 heterocycles. The SMILES string of the molecule is CC1CC2CC(C1)C(NC(=O)c1cnc(-c3cn(-c4ncccn4)c4cc(OC5CCN(c6ncc(F)cn6)CC5)ccc34)nc1C(F)(F)F)(C(=O)O)C2. The van der Waals surface area contributed by atoms with E-state index in [1.807, 2.05) is 11.8 Å². The molecule has 280 valence electrons. The number of rotatable bonds is 8. The molecule has 8 rings (SSSR count). The summed E-state index contributed by atoms with van der Waals surface area (Å²) in [4.78, 5) is 53.1. The summed E-state index contributed by atoms with van der Waals surface area (Å²) in [6, 6.07) is 6.76. The third-order valence-electron chi connectivity index (χ3n) is 10.8. The van der Waals surface area contributed by atoms with E-state index in [0.29, 0.717) is 61.4 Å². The van der Waals surface area contributed by atoms with Crippen LogP contribution in [0.15, 0.2) is 61.4 Å². The van der Waals surface area contributed by atoms with Crippen LogP contribution >= 0.6 is 0 Å². The maximum Gasteiger partial charge on any atom is 0.434 e. The number of ether oxygens (including phenoxy) is 1. The number of aromatic nitrogens is 7. The van der Waals surface area contributed by atoms with Crippen molar-refractivity contribution in [2.45, 2.75) is 63.3 Å². The number of carboxylic acids is 1. The summed E-state index contributed by atoms with van der Waals surface area (Å²) in [5.74, 6) is -2.18. The molecule has 4 aromatic heterocycles. The zero-order valence-electron chi connectivity index (χ0n) is 29.0. The van der Waals surface area contributed by atoms with Crippen molar-refractivity contribution in [2.24, 2.45) is 17.8 Å². The Balaban J connectivity index is 1.10. The Bertz CT molecular complexity index is 2210. The molecule has 2 aliphatic carbocycles. The lowest BCUT2D eigenvalue weighted by molar-refractivity contribution is -0.146. The summed E-state index contributed by atoms with van der Waals surface area (Å²) in [6.45, 7) is 3.18. The lowest BCUT2D eigenvalue weighted by atomic mass is 9.78. The number of hydrogen-bond acceptors (Lipinski definition) is 10. The number of halogens is 4. The van der Waals surface area contributed by atoms with Crippen molar-refractivity contribution >= 4 is 28.7 Å². The molecule has 4 unspecified atom stereocenters. The molecule has 17 heteroatoms. The van der Waals surface area contributed by atoms with Crippen LogP contribution in [0.3, 0.4) is 0 Å². The first-order valence-corrected chi connectivity index (χ1v) is 17.7. The van der Waals surface area contributed by atoms with Gasteiger partial charge in [-0.3, -0.25) is 9.36 Å². The second kappa shape index (κ2) is 13.6. The van der Waals surface area contributed by atoms with E-state index in [4.69, 9.17) is 4.74 Å². The summed E-state index contributed by atoms with van der Waals surface area (Å²) in [7, 11) is 0. The molecule has 2 N–H and O–H groups in total. The van der Waals surface area contributed by atoms with Crippen LogP contribution in [-0.4, -0.2) is 76.2 Å². The molecular formula is C37H35F4N9O4. The van der Waals surface area contributed by atoms with Crippen LogP contribution in [0.4, 0.5) is 23.5 Å². The smallest absolute Gasteiger partial charge is 0.434 e. The number of aliphatic carboxylic acids is 1. The highest BCUT2D eigenvalue weighted by molar-refractivity contribution is 6.00. The summed E-state index contributed by atoms with van der Waals surface area (Å²) >= 11 is 0. The van der Waals surface area contributed by atoms with Crippen LogP contribution in [0, 0.1) is 23.6 Å². The minimum Gasteiger partial charge on any atom is -0.490 e. The third-order valence-corrected chi connectivity index (χ3v) is 10.8. The number of fused-ring (bicyclic) bond motifs is 3. The Labute approximate surface area is 305 Å². The van der Waals surface area contributed by atoms with Crippen molar-refractivity contribution in [1.82, 2.24) is 39.8 Å². The van der Waals surface area contributed by atoms with Crippen LogP contribution in [0.1, 0.15) is 61.5 Å². The quantitative estimate of drug-likeness (QED) is 0.183. The van der Waals surface area contributed by atoms with Gasteiger partial charge in [0.1, 0.15) is 17.4 Å². The van der Waals surface area contributed by atoms with Gasteiger partial charge < -0.3 is 20.1 Å². The second-order valence-electron chi connectivity index (χ2n) is 14.4. The molecule has 2 saturated carbocycles. The number of carboxylic acid groups (broad SMARTS) is 1. The first-order chi connectivity index (χ1) is 25.9. The van der Waals surface area contributed by atoms with E-state index in [0.717, 1.165) is 25.0 Å². The predicted octanol–water partition coefficient (Wildman–Crippen LogP) is 5.88. The molecule has 13 nitrogen and oxygen atoms in total. The average molecular weight is 746 g/mol. The first-order valence-electron chi connectivity index (χ1n) is 17.7. The van der Waals surface area contributed by atoms with E-state index in [1.54, 1.807) is 28.8 Å². The van der Waals surface area contributed by atoms with Crippen molar-refractivity contribution < 1.29 is 37.0 Å². The minimum absolute atomic E-state index is 0.0589. The van der Waals surface area contributed by atoms with E-state index in [-0.39, 0.29) is 41.7 Å². The number of piperidine rings is 1. The van der Waals surface area contributed by atoms with E-state index in [9.17, 15) is 32.3 Å². The standard InChI is InChI=1S/C37H35F4N9O4/c1-20-11-21-13-22(12-20)36(15-21,33(52)53)48-32(51)27-18-44-31(47-30(27)37(39,40)41)28-19-50(35-42-7-2-8-43-35)29-14-25(3-4-26(28)29)54-24-5-9-49(10-6-24)34-45-16-23(38)17-46-34/h2-4,7-8,14,16-22,24H,5-6,9-13,15H2,1H3,(H,48,51)(H,52,53). The van der Waals surface area contributed by atoms with Gasteiger partial charge in [-0.05, 0) is 61.6 Å². The van der Waals surface area contributed by atoms with Crippen LogP contribution < -0.4 is 15.0 Å². The van der Waals surface area contributed by atoms with Gasteiger partial charge in [-0.2, -0.15) is 13.2 Å². The van der Waals surface area contributed by atoms with Gasteiger partial charge in [-0.15, -0.1) is 0 Å². The topological polar surface area (TPSA) is 161 Å². The fourth-order valence-electron chi connectivity index (χ4n) is 8.44. The number of hydrogen-bond donors (Lipinski definition) is 2. The van der Waals surface area contributed by atoms with Crippen LogP contribution in [-0.2, 0) is 11.0 Å². The molecule has 1 amide bonds. The summed E-state index contributed by atoms with van der Waals surface area (Å²) in [5.41, 5.74) is -3.28. The fraction of sp³-hybridized carbons (Fsp3) is 0.405. The number of carbonyl (C=O) groups excluding carboxylic acids is 1. The predicted molar refractivity (Wildman–Crippen MR) is 185 cm³/mol. The van der Waals surface area contributed by atoms with Gasteiger partial charge in [-0.25, -0.2) is 39.1 Å². The van der Waals surface area contributed by atoms with E-state index in [1.165, 1.54) is 18.6 Å². The largest absolute Gasteiger partial charge is 0.490 e. The van der Waals surface area contributed by atoms with Gasteiger partial charge in [0.05, 0.1) is 23.5 Å². The Hall–Kier alpha value is -5.74. The monoisotopic (exact) mass is 745 g/mol. The van der Waals surface area contributed by atoms with Crippen molar-refractivity contribution in [3.05, 3.63) is 78.5 Å². The Morgan fingerprint density at radius 1 is 0.981 bits per heavy atom. The zero-order chi connectivity index (χ0) is 37.8. The van der Waals surface area contributed by atoms with Crippen LogP contribution in [0.2, 0.25) is 0 Å². The highest BCUT2D eigenvalue weighted by atomic mass is 19.4. The molecule has 0 spiro atoms. The van der Waals surface area contributed by atoms with Gasteiger partial charge in [0.15, 0.2) is 17.3 Å². The van der Waals surface area contributed by atoms with Crippen molar-refractivity contribution in [1.29, 1.82) is 0 Å². The van der Waals surface area contributed by atoms with Crippen molar-refractivity contribution in [2.75, 3.05) is 18.0 Å². The molecule has 0 radical (unpaired) electrons. The summed E-state index contributed by atoms with van der Waals surface area (Å²) in [5, 5.41) is 13.3. The number of anilines is 1. The van der Waals surface area contributed by atoms with E-state index < -0.39 is 46.6 Å². The Morgan fingerprint density at radius 3 is 2.43 bits per heavy atom. The first kappa shape index (κ1) is 35.3. The molecule has 3 aliphatic rings. The lowest BCUT2D eigenvalue weighted by Crippen LogP contribution is -2.57. The van der Waals surface area contributed by atoms with E-state index in [2.05, 4.69) is 35.2 Å². The highest BCUT2D eigenvalue weighted by Gasteiger charge is 2.56. The van der Waals surface area contributed by atoms with E-state index >= 15 is 0 Å². The van der Waals surface area contributed by atoms with Crippen LogP contribution in [0.25, 0.3) is 28.2 Å². The van der Waals surface area contributed by atoms with Crippen molar-refractivity contribution in [3.63, 3.8) is 0 Å². The number of benzene rings is 1. The maximum absolute atomic E-state index is 14.7. The molecule has 5 aromatic rings. The molecule has 1 aliphatic heterocycles. The number of nitrogens with one attached hydrogen (secondary N) is 1. The molecule has 1 saturated heterocycles. The Morgan fingerprint density at radius 2 is 1.72 bits per heavy atom. The second-order valence-corrected chi connectivity index (χ2v) is 14.4. The molecular weight excluding hydrogens is 710 g/mol. The van der Waals surface area contributed by atoms with Gasteiger partial charge in [-0.1, -0.05) is 6.92 Å². The molecule has 54 heavy (non-hydrogen) atoms. The number of amides is 1. The number of nitrogens with zero attached hydrogens (tertiary/aromatic N) is 8. The lowest BCUT2D eigenvalue weighted by Gasteiger charge is -2.33. The third kappa shape index (κ3) is 6.55. The normalized spacial score (nSPS) is 23.1. The van der Waals surface area contributed by atoms with Gasteiger partial charge >= 0.3 is 12.1 Å². The minimum atomic E-state index is -5.07. The van der Waals surface area contributed by atoms with Gasteiger partial charge in [0.25, 0.3) is 5.91 Å². The Kier molecular flexibility index (Phi) is 8.88. The zero-order valence-corrected chi connectivity index (χ0v) is 29.0. The fourth-order valence-corrected chi connectivity index (χ4v) is 8.44. The molecule has 3 fully saturated rings. The molecule has 1 aromatic carbocycles. The summed E-state index contributed by atoms with van der Waals surface area (Å²) in [6.07, 6.45) is 5.77. The van der Waals surface area contributed by atoms with Crippen molar-refractivity contribution in [3.8, 4) is 23.1 Å². The summed E-state index contributed by atoms with van der Waals surface area (Å²) < 4.78 is 65.3. The number of carbonyl (C=O) groups is 2. The number of alkyl halides is 3. The van der Waals surface area contributed by atoms with Crippen LogP contribution in [0.5, 0.6) is 5.75 Å². The van der Waals surface area contributed by atoms with Gasteiger partial charge in [0, 0.05) is 67.7 Å².